The molecule has 0 spiro atoms. The van der Waals surface area contributed by atoms with E-state index in [2.05, 4.69) is 0 Å². The van der Waals surface area contributed by atoms with Crippen LogP contribution >= 0.6 is 0 Å². The minimum Gasteiger partial charge on any atom is -0.460 e. The Labute approximate surface area is 113 Å². The fourth-order valence-corrected chi connectivity index (χ4v) is 1.64. The molecule has 0 saturated heterocycles. The van der Waals surface area contributed by atoms with Crippen LogP contribution < -0.4 is 0 Å². The van der Waals surface area contributed by atoms with Gasteiger partial charge in [-0.05, 0) is 12.0 Å². The highest BCUT2D eigenvalue weighted by Gasteiger charge is 2.27. The molecule has 0 aliphatic rings. The quantitative estimate of drug-likeness (QED) is 0.429. The summed E-state index contributed by atoms with van der Waals surface area (Å²) in [7, 11) is 0. The van der Waals surface area contributed by atoms with Gasteiger partial charge in [0, 0.05) is 0 Å². The van der Waals surface area contributed by atoms with Crippen molar-refractivity contribution in [1.82, 2.24) is 0 Å². The number of carbonyl (C=O) groups is 2. The molecule has 0 saturated carbocycles. The fraction of sp³-hybridized carbons (Fsp3) is 0.400. The number of Topliss-reactive ketones (excluding diaryl/α,β-unsaturated/α-hetero) is 1. The first kappa shape index (κ1) is 14.9. The number of nitrogens with zero attached hydrogens (tertiary/aromatic N) is 1. The third kappa shape index (κ3) is 4.55. The van der Waals surface area contributed by atoms with Gasteiger partial charge in [0.25, 0.3) is 5.78 Å². The Hall–Kier alpha value is -2.15. The van der Waals surface area contributed by atoms with Crippen molar-refractivity contribution in [2.45, 2.75) is 32.1 Å². The zero-order chi connectivity index (χ0) is 14.1. The molecule has 1 atom stereocenters. The van der Waals surface area contributed by atoms with Crippen LogP contribution in [0.1, 0.15) is 37.7 Å². The van der Waals surface area contributed by atoms with Crippen LogP contribution in [0.25, 0.3) is 0 Å². The third-order valence-electron chi connectivity index (χ3n) is 2.71. The molecular weight excluding hydrogens is 242 g/mol. The Balaban J connectivity index is 2.60. The van der Waals surface area contributed by atoms with E-state index in [0.717, 1.165) is 19.3 Å². The lowest BCUT2D eigenvalue weighted by molar-refractivity contribution is -0.154. The molecule has 0 heterocycles. The second-order valence-corrected chi connectivity index (χ2v) is 4.18. The lowest BCUT2D eigenvalue weighted by Crippen LogP contribution is -2.24. The number of carbonyl (C=O) groups excluding carboxylic acids is 2. The topological polar surface area (TPSA) is 67.2 Å². The summed E-state index contributed by atoms with van der Waals surface area (Å²) >= 11 is 0. The van der Waals surface area contributed by atoms with Crippen LogP contribution in [0.5, 0.6) is 0 Å². The van der Waals surface area contributed by atoms with Gasteiger partial charge in [-0.15, -0.1) is 0 Å². The van der Waals surface area contributed by atoms with E-state index in [1.807, 2.05) is 13.0 Å². The molecule has 1 aromatic carbocycles. The summed E-state index contributed by atoms with van der Waals surface area (Å²) in [6.45, 7) is 2.26. The molecule has 0 aromatic heterocycles. The molecule has 0 amide bonds. The number of hydrogen-bond acceptors (Lipinski definition) is 4. The SMILES string of the molecule is CCCCCOC(=O)C(=O)C(C#N)c1ccccc1. The Morgan fingerprint density at radius 1 is 1.26 bits per heavy atom. The molecule has 4 heteroatoms. The van der Waals surface area contributed by atoms with Crippen LogP contribution in [0.2, 0.25) is 0 Å². The van der Waals surface area contributed by atoms with Crippen molar-refractivity contribution in [2.75, 3.05) is 6.61 Å². The average Bonchev–Trinajstić information content (AvgIpc) is 2.45. The highest BCUT2D eigenvalue weighted by molar-refractivity contribution is 6.36. The number of rotatable bonds is 7. The maximum absolute atomic E-state index is 11.8. The van der Waals surface area contributed by atoms with E-state index in [4.69, 9.17) is 10.00 Å². The predicted octanol–water partition coefficient (Wildman–Crippen LogP) is 2.60. The summed E-state index contributed by atoms with van der Waals surface area (Å²) < 4.78 is 4.87. The molecular formula is C15H17NO3. The number of ketones is 1. The zero-order valence-corrected chi connectivity index (χ0v) is 11.0. The number of esters is 1. The molecule has 100 valence electrons. The van der Waals surface area contributed by atoms with Crippen molar-refractivity contribution >= 4 is 11.8 Å². The van der Waals surface area contributed by atoms with Crippen molar-refractivity contribution < 1.29 is 14.3 Å². The minimum absolute atomic E-state index is 0.228. The smallest absolute Gasteiger partial charge is 0.376 e. The first-order valence-corrected chi connectivity index (χ1v) is 6.36. The van der Waals surface area contributed by atoms with Crippen LogP contribution in [0.15, 0.2) is 30.3 Å². The van der Waals surface area contributed by atoms with Gasteiger partial charge in [-0.1, -0.05) is 50.1 Å². The minimum atomic E-state index is -1.08. The molecule has 0 radical (unpaired) electrons. The number of unbranched alkanes of at least 4 members (excludes halogenated alkanes) is 2. The molecule has 19 heavy (non-hydrogen) atoms. The van der Waals surface area contributed by atoms with Crippen LogP contribution in [0.3, 0.4) is 0 Å². The zero-order valence-electron chi connectivity index (χ0n) is 11.0. The van der Waals surface area contributed by atoms with Crippen molar-refractivity contribution in [2.24, 2.45) is 0 Å². The van der Waals surface area contributed by atoms with E-state index in [9.17, 15) is 9.59 Å². The van der Waals surface area contributed by atoms with Crippen molar-refractivity contribution in [3.8, 4) is 6.07 Å². The summed E-state index contributed by atoms with van der Waals surface area (Å²) in [5.41, 5.74) is 0.514. The van der Waals surface area contributed by atoms with Gasteiger partial charge in [0.1, 0.15) is 5.92 Å². The van der Waals surface area contributed by atoms with Crippen LogP contribution in [-0.4, -0.2) is 18.4 Å². The van der Waals surface area contributed by atoms with Gasteiger partial charge < -0.3 is 4.74 Å². The molecule has 0 aliphatic heterocycles. The van der Waals surface area contributed by atoms with Gasteiger partial charge >= 0.3 is 5.97 Å². The summed E-state index contributed by atoms with van der Waals surface area (Å²) in [5, 5.41) is 9.03. The monoisotopic (exact) mass is 259 g/mol. The number of benzene rings is 1. The Morgan fingerprint density at radius 3 is 2.53 bits per heavy atom. The van der Waals surface area contributed by atoms with Crippen molar-refractivity contribution in [1.29, 1.82) is 5.26 Å². The van der Waals surface area contributed by atoms with Crippen LogP contribution in [0.4, 0.5) is 0 Å². The lowest BCUT2D eigenvalue weighted by Gasteiger charge is -2.08. The lowest BCUT2D eigenvalue weighted by atomic mass is 9.96. The highest BCUT2D eigenvalue weighted by Crippen LogP contribution is 2.16. The van der Waals surface area contributed by atoms with E-state index in [-0.39, 0.29) is 6.61 Å². The Morgan fingerprint density at radius 2 is 1.95 bits per heavy atom. The van der Waals surface area contributed by atoms with E-state index >= 15 is 0 Å². The van der Waals surface area contributed by atoms with Crippen LogP contribution in [0, 0.1) is 11.3 Å². The summed E-state index contributed by atoms with van der Waals surface area (Å²) in [4.78, 5) is 23.4. The number of hydrogen-bond donors (Lipinski definition) is 0. The largest absolute Gasteiger partial charge is 0.460 e. The molecule has 1 rings (SSSR count). The average molecular weight is 259 g/mol. The first-order chi connectivity index (χ1) is 9.20. The summed E-state index contributed by atoms with van der Waals surface area (Å²) in [5.74, 6) is -2.81. The van der Waals surface area contributed by atoms with Gasteiger partial charge in [-0.25, -0.2) is 4.79 Å². The van der Waals surface area contributed by atoms with Crippen molar-refractivity contribution in [3.05, 3.63) is 35.9 Å². The van der Waals surface area contributed by atoms with Crippen molar-refractivity contribution in [3.63, 3.8) is 0 Å². The predicted molar refractivity (Wildman–Crippen MR) is 70.3 cm³/mol. The second-order valence-electron chi connectivity index (χ2n) is 4.18. The molecule has 0 bridgehead atoms. The molecule has 0 N–H and O–H groups in total. The second kappa shape index (κ2) is 8.04. The fourth-order valence-electron chi connectivity index (χ4n) is 1.64. The number of nitriles is 1. The maximum Gasteiger partial charge on any atom is 0.376 e. The van der Waals surface area contributed by atoms with E-state index in [1.165, 1.54) is 0 Å². The first-order valence-electron chi connectivity index (χ1n) is 6.36. The van der Waals surface area contributed by atoms with Gasteiger partial charge in [-0.3, -0.25) is 4.79 Å². The Bertz CT molecular complexity index is 462. The van der Waals surface area contributed by atoms with Gasteiger partial charge in [0.2, 0.25) is 0 Å². The van der Waals surface area contributed by atoms with E-state index < -0.39 is 17.7 Å². The van der Waals surface area contributed by atoms with Gasteiger partial charge in [-0.2, -0.15) is 5.26 Å². The van der Waals surface area contributed by atoms with E-state index in [0.29, 0.717) is 5.56 Å². The molecule has 4 nitrogen and oxygen atoms in total. The standard InChI is InChI=1S/C15H17NO3/c1-2-3-7-10-19-15(18)14(17)13(11-16)12-8-5-4-6-9-12/h4-6,8-9,13H,2-3,7,10H2,1H3. The summed E-state index contributed by atoms with van der Waals surface area (Å²) in [6.07, 6.45) is 2.69. The Kier molecular flexibility index (Phi) is 6.31. The molecule has 1 unspecified atom stereocenters. The summed E-state index contributed by atoms with van der Waals surface area (Å²) in [6, 6.07) is 10.4. The van der Waals surface area contributed by atoms with Crippen LogP contribution in [-0.2, 0) is 14.3 Å². The third-order valence-corrected chi connectivity index (χ3v) is 2.71. The molecule has 1 aromatic rings. The molecule has 0 fully saturated rings. The number of ether oxygens (including phenoxy) is 1. The van der Waals surface area contributed by atoms with Gasteiger partial charge in [0.15, 0.2) is 0 Å². The highest BCUT2D eigenvalue weighted by atomic mass is 16.5. The van der Waals surface area contributed by atoms with Gasteiger partial charge in [0.05, 0.1) is 12.7 Å². The normalized spacial score (nSPS) is 11.4. The van der Waals surface area contributed by atoms with E-state index in [1.54, 1.807) is 30.3 Å². The molecule has 0 aliphatic carbocycles. The maximum atomic E-state index is 11.8.